The van der Waals surface area contributed by atoms with Gasteiger partial charge in [0.25, 0.3) is 0 Å². The molecular weight excluding hydrogens is 220 g/mol. The Morgan fingerprint density at radius 2 is 1.94 bits per heavy atom. The van der Waals surface area contributed by atoms with Crippen LogP contribution in [0.1, 0.15) is 0 Å². The number of phenolic OH excluding ortho intramolecular Hbond substituents is 1. The first kappa shape index (κ1) is 9.30. The van der Waals surface area contributed by atoms with Gasteiger partial charge < -0.3 is 5.11 Å². The molecule has 1 aromatic carbocycles. The summed E-state index contributed by atoms with van der Waals surface area (Å²) < 4.78 is 0. The molecule has 1 N–H and O–H groups in total. The molecular formula is C12H8N2OS. The predicted molar refractivity (Wildman–Crippen MR) is 64.5 cm³/mol. The molecule has 0 bridgehead atoms. The Labute approximate surface area is 96.0 Å². The van der Waals surface area contributed by atoms with Gasteiger partial charge >= 0.3 is 0 Å². The lowest BCUT2D eigenvalue weighted by atomic mass is 10.2. The number of phenols is 1. The van der Waals surface area contributed by atoms with E-state index in [4.69, 9.17) is 0 Å². The molecule has 16 heavy (non-hydrogen) atoms. The van der Waals surface area contributed by atoms with Crippen molar-refractivity contribution in [1.29, 1.82) is 0 Å². The minimum Gasteiger partial charge on any atom is -0.507 e. The fraction of sp³-hybridized carbons (Fsp3) is 0. The first-order chi connectivity index (χ1) is 7.84. The van der Waals surface area contributed by atoms with E-state index in [0.29, 0.717) is 0 Å². The standard InChI is InChI=1S/C12H8N2OS/c15-10-6-2-1-4-8(10)11-14-9-5-3-7-13-12(9)16-11/h1-7,15H. The molecule has 2 heterocycles. The summed E-state index contributed by atoms with van der Waals surface area (Å²) in [6, 6.07) is 11.0. The van der Waals surface area contributed by atoms with Crippen molar-refractivity contribution in [3.63, 3.8) is 0 Å². The molecule has 2 aromatic heterocycles. The first-order valence-electron chi connectivity index (χ1n) is 4.84. The van der Waals surface area contributed by atoms with Crippen molar-refractivity contribution >= 4 is 21.7 Å². The van der Waals surface area contributed by atoms with Crippen molar-refractivity contribution < 1.29 is 5.11 Å². The summed E-state index contributed by atoms with van der Waals surface area (Å²) in [5.74, 6) is 0.251. The maximum absolute atomic E-state index is 9.74. The van der Waals surface area contributed by atoms with Crippen LogP contribution in [0.15, 0.2) is 42.6 Å². The molecule has 78 valence electrons. The number of benzene rings is 1. The molecule has 0 saturated carbocycles. The Bertz CT molecular complexity index is 615. The van der Waals surface area contributed by atoms with Crippen molar-refractivity contribution in [2.75, 3.05) is 0 Å². The largest absolute Gasteiger partial charge is 0.507 e. The average molecular weight is 228 g/mol. The average Bonchev–Trinajstić information content (AvgIpc) is 2.73. The molecule has 0 unspecified atom stereocenters. The highest BCUT2D eigenvalue weighted by Crippen LogP contribution is 2.33. The third-order valence-electron chi connectivity index (χ3n) is 2.30. The number of aromatic hydroxyl groups is 1. The second-order valence-corrected chi connectivity index (χ2v) is 4.34. The molecule has 0 aliphatic carbocycles. The van der Waals surface area contributed by atoms with Crippen molar-refractivity contribution in [2.24, 2.45) is 0 Å². The van der Waals surface area contributed by atoms with Gasteiger partial charge in [-0.25, -0.2) is 9.97 Å². The summed E-state index contributed by atoms with van der Waals surface area (Å²) in [6.07, 6.45) is 1.75. The highest BCUT2D eigenvalue weighted by Gasteiger charge is 2.09. The topological polar surface area (TPSA) is 46.0 Å². The number of hydrogen-bond donors (Lipinski definition) is 1. The van der Waals surface area contributed by atoms with E-state index < -0.39 is 0 Å². The molecule has 0 fully saturated rings. The molecule has 3 rings (SSSR count). The number of para-hydroxylation sites is 1. The summed E-state index contributed by atoms with van der Waals surface area (Å²) in [5, 5.41) is 10.5. The van der Waals surface area contributed by atoms with Crippen LogP contribution in [0.3, 0.4) is 0 Å². The van der Waals surface area contributed by atoms with Gasteiger partial charge in [-0.2, -0.15) is 0 Å². The van der Waals surface area contributed by atoms with Crippen LogP contribution in [0.4, 0.5) is 0 Å². The summed E-state index contributed by atoms with van der Waals surface area (Å²) >= 11 is 1.48. The highest BCUT2D eigenvalue weighted by molar-refractivity contribution is 7.21. The van der Waals surface area contributed by atoms with E-state index in [9.17, 15) is 5.11 Å². The fourth-order valence-corrected chi connectivity index (χ4v) is 2.48. The molecule has 0 amide bonds. The molecule has 0 spiro atoms. The summed E-state index contributed by atoms with van der Waals surface area (Å²) in [5.41, 5.74) is 1.62. The highest BCUT2D eigenvalue weighted by atomic mass is 32.1. The normalized spacial score (nSPS) is 10.8. The van der Waals surface area contributed by atoms with Crippen molar-refractivity contribution in [1.82, 2.24) is 9.97 Å². The third-order valence-corrected chi connectivity index (χ3v) is 3.31. The monoisotopic (exact) mass is 228 g/mol. The lowest BCUT2D eigenvalue weighted by Crippen LogP contribution is -1.76. The number of nitrogens with zero attached hydrogens (tertiary/aromatic N) is 2. The Morgan fingerprint density at radius 3 is 2.75 bits per heavy atom. The van der Waals surface area contributed by atoms with Crippen LogP contribution in [-0.2, 0) is 0 Å². The number of fused-ring (bicyclic) bond motifs is 1. The molecule has 4 heteroatoms. The van der Waals surface area contributed by atoms with Gasteiger partial charge in [0.2, 0.25) is 0 Å². The Balaban J connectivity index is 2.23. The number of aromatic nitrogens is 2. The van der Waals surface area contributed by atoms with E-state index >= 15 is 0 Å². The van der Waals surface area contributed by atoms with Crippen molar-refractivity contribution in [2.45, 2.75) is 0 Å². The van der Waals surface area contributed by atoms with Crippen LogP contribution in [0.2, 0.25) is 0 Å². The zero-order valence-electron chi connectivity index (χ0n) is 8.29. The van der Waals surface area contributed by atoms with Gasteiger partial charge in [0.15, 0.2) is 0 Å². The minimum atomic E-state index is 0.251. The molecule has 3 nitrogen and oxygen atoms in total. The van der Waals surface area contributed by atoms with E-state index in [1.807, 2.05) is 24.3 Å². The minimum absolute atomic E-state index is 0.251. The third kappa shape index (κ3) is 1.44. The lowest BCUT2D eigenvalue weighted by Gasteiger charge is -1.97. The maximum atomic E-state index is 9.74. The smallest absolute Gasteiger partial charge is 0.143 e. The van der Waals surface area contributed by atoms with Gasteiger partial charge in [0.1, 0.15) is 21.1 Å². The van der Waals surface area contributed by atoms with Gasteiger partial charge in [-0.15, -0.1) is 0 Å². The maximum Gasteiger partial charge on any atom is 0.143 e. The van der Waals surface area contributed by atoms with Crippen LogP contribution in [0, 0.1) is 0 Å². The van der Waals surface area contributed by atoms with Crippen LogP contribution in [0.5, 0.6) is 5.75 Å². The van der Waals surface area contributed by atoms with Gasteiger partial charge in [-0.3, -0.25) is 0 Å². The van der Waals surface area contributed by atoms with Crippen LogP contribution in [0.25, 0.3) is 20.9 Å². The number of pyridine rings is 1. The lowest BCUT2D eigenvalue weighted by molar-refractivity contribution is 0.477. The molecule has 0 atom stereocenters. The van der Waals surface area contributed by atoms with Gasteiger partial charge in [0, 0.05) is 6.20 Å². The number of rotatable bonds is 1. The van der Waals surface area contributed by atoms with Gasteiger partial charge in [-0.05, 0) is 24.3 Å². The Hall–Kier alpha value is -1.94. The van der Waals surface area contributed by atoms with E-state index in [-0.39, 0.29) is 5.75 Å². The van der Waals surface area contributed by atoms with E-state index in [2.05, 4.69) is 9.97 Å². The van der Waals surface area contributed by atoms with Gasteiger partial charge in [-0.1, -0.05) is 23.5 Å². The van der Waals surface area contributed by atoms with Gasteiger partial charge in [0.05, 0.1) is 5.56 Å². The fourth-order valence-electron chi connectivity index (χ4n) is 1.54. The molecule has 0 aliphatic heterocycles. The summed E-state index contributed by atoms with van der Waals surface area (Å²) in [6.45, 7) is 0. The van der Waals surface area contributed by atoms with E-state index in [1.165, 1.54) is 11.3 Å². The van der Waals surface area contributed by atoms with Crippen molar-refractivity contribution in [3.8, 4) is 16.3 Å². The number of hydrogen-bond acceptors (Lipinski definition) is 4. The van der Waals surface area contributed by atoms with Crippen LogP contribution < -0.4 is 0 Å². The Kier molecular flexibility index (Phi) is 2.08. The Morgan fingerprint density at radius 1 is 1.06 bits per heavy atom. The summed E-state index contributed by atoms with van der Waals surface area (Å²) in [4.78, 5) is 9.56. The predicted octanol–water partition coefficient (Wildman–Crippen LogP) is 3.06. The first-order valence-corrected chi connectivity index (χ1v) is 5.66. The second-order valence-electron chi connectivity index (χ2n) is 3.36. The zero-order chi connectivity index (χ0) is 11.0. The SMILES string of the molecule is Oc1ccccc1-c1nc2cccnc2s1. The van der Waals surface area contributed by atoms with Crippen LogP contribution >= 0.6 is 11.3 Å². The quantitative estimate of drug-likeness (QED) is 0.696. The molecule has 3 aromatic rings. The van der Waals surface area contributed by atoms with Crippen molar-refractivity contribution in [3.05, 3.63) is 42.6 Å². The zero-order valence-corrected chi connectivity index (χ0v) is 9.11. The van der Waals surface area contributed by atoms with E-state index in [1.54, 1.807) is 18.3 Å². The molecule has 0 saturated heterocycles. The number of thiazole rings is 1. The molecule has 0 radical (unpaired) electrons. The molecule has 0 aliphatic rings. The van der Waals surface area contributed by atoms with E-state index in [0.717, 1.165) is 20.9 Å². The summed E-state index contributed by atoms with van der Waals surface area (Å²) in [7, 11) is 0. The van der Waals surface area contributed by atoms with Crippen LogP contribution in [-0.4, -0.2) is 15.1 Å². The second kappa shape index (κ2) is 3.57.